The van der Waals surface area contributed by atoms with Crippen molar-refractivity contribution in [3.8, 4) is 11.3 Å². The van der Waals surface area contributed by atoms with Crippen LogP contribution in [-0.2, 0) is 6.42 Å². The van der Waals surface area contributed by atoms with Gasteiger partial charge in [0.05, 0.1) is 29.4 Å². The largest absolute Gasteiger partial charge is 0.416 e. The fourth-order valence-electron chi connectivity index (χ4n) is 4.88. The molecule has 0 spiro atoms. The van der Waals surface area contributed by atoms with Crippen LogP contribution < -0.4 is 4.90 Å². The first-order chi connectivity index (χ1) is 17.9. The van der Waals surface area contributed by atoms with Crippen LogP contribution in [0, 0.1) is 0 Å². The van der Waals surface area contributed by atoms with Gasteiger partial charge in [0.25, 0.3) is 5.91 Å². The predicted molar refractivity (Wildman–Crippen MR) is 128 cm³/mol. The topological polar surface area (TPSA) is 88.3 Å². The summed E-state index contributed by atoms with van der Waals surface area (Å²) in [5.74, 6) is 0.635. The second-order valence-electron chi connectivity index (χ2n) is 9.08. The van der Waals surface area contributed by atoms with Crippen molar-refractivity contribution in [3.05, 3.63) is 83.3 Å². The van der Waals surface area contributed by atoms with E-state index in [0.717, 1.165) is 17.2 Å². The van der Waals surface area contributed by atoms with Crippen LogP contribution in [0.5, 0.6) is 0 Å². The van der Waals surface area contributed by atoms with E-state index in [1.165, 1.54) is 24.4 Å². The number of carbonyl (C=O) groups excluding carboxylic acids is 1. The molecule has 1 aliphatic heterocycles. The summed E-state index contributed by atoms with van der Waals surface area (Å²) < 4.78 is 45.7. The molecule has 0 N–H and O–H groups in total. The molecular weight excluding hydrogens is 485 g/mol. The molecule has 188 valence electrons. The average molecular weight is 506 g/mol. The number of hydrogen-bond donors (Lipinski definition) is 0. The third-order valence-corrected chi connectivity index (χ3v) is 6.75. The number of anilines is 1. The summed E-state index contributed by atoms with van der Waals surface area (Å²) in [5.41, 5.74) is 3.41. The lowest BCUT2D eigenvalue weighted by Crippen LogP contribution is -2.49. The van der Waals surface area contributed by atoms with Crippen LogP contribution in [0.3, 0.4) is 0 Å². The highest BCUT2D eigenvalue weighted by molar-refractivity contribution is 5.91. The van der Waals surface area contributed by atoms with Crippen molar-refractivity contribution in [1.82, 2.24) is 25.0 Å². The highest BCUT2D eigenvalue weighted by Crippen LogP contribution is 2.40. The van der Waals surface area contributed by atoms with Gasteiger partial charge < -0.3 is 14.3 Å². The maximum atomic E-state index is 13.6. The molecule has 3 aromatic rings. The van der Waals surface area contributed by atoms with Crippen LogP contribution in [0.1, 0.15) is 28.2 Å². The van der Waals surface area contributed by atoms with Crippen LogP contribution in [-0.4, -0.2) is 63.3 Å². The first kappa shape index (κ1) is 23.1. The summed E-state index contributed by atoms with van der Waals surface area (Å²) in [6.45, 7) is 2.04. The van der Waals surface area contributed by atoms with E-state index in [4.69, 9.17) is 14.5 Å². The summed E-state index contributed by atoms with van der Waals surface area (Å²) in [7, 11) is 0. The number of hydrogen-bond acceptors (Lipinski definition) is 7. The smallest absolute Gasteiger partial charge is 0.352 e. The summed E-state index contributed by atoms with van der Waals surface area (Å²) >= 11 is 0. The Labute approximate surface area is 209 Å². The molecule has 1 amide bonds. The summed E-state index contributed by atoms with van der Waals surface area (Å²) in [6, 6.07) is 3.37. The molecule has 0 radical (unpaired) electrons. The first-order valence-corrected chi connectivity index (χ1v) is 11.8. The number of halogens is 3. The number of carbonyl (C=O) groups is 1. The molecule has 4 heterocycles. The van der Waals surface area contributed by atoms with Crippen molar-refractivity contribution in [2.24, 2.45) is 0 Å². The van der Waals surface area contributed by atoms with Crippen LogP contribution in [0.2, 0.25) is 0 Å². The number of amides is 1. The third kappa shape index (κ3) is 4.41. The van der Waals surface area contributed by atoms with Crippen molar-refractivity contribution in [3.63, 3.8) is 0 Å². The molecule has 11 heteroatoms. The lowest BCUT2D eigenvalue weighted by Gasteiger charge is -2.35. The highest BCUT2D eigenvalue weighted by atomic mass is 19.4. The minimum absolute atomic E-state index is 0.201. The van der Waals surface area contributed by atoms with E-state index in [2.05, 4.69) is 10.1 Å². The van der Waals surface area contributed by atoms with Gasteiger partial charge in [-0.1, -0.05) is 22.9 Å². The minimum Gasteiger partial charge on any atom is -0.352 e. The van der Waals surface area contributed by atoms with E-state index in [1.807, 2.05) is 11.0 Å². The van der Waals surface area contributed by atoms with Gasteiger partial charge >= 0.3 is 6.18 Å². The van der Waals surface area contributed by atoms with Crippen molar-refractivity contribution in [2.75, 3.05) is 31.1 Å². The molecule has 0 aromatic carbocycles. The molecule has 37 heavy (non-hydrogen) atoms. The second kappa shape index (κ2) is 8.99. The Morgan fingerprint density at radius 2 is 1.81 bits per heavy atom. The summed E-state index contributed by atoms with van der Waals surface area (Å²) in [4.78, 5) is 30.2. The minimum atomic E-state index is -4.45. The molecule has 0 atom stereocenters. The van der Waals surface area contributed by atoms with E-state index in [1.54, 1.807) is 23.5 Å². The molecule has 2 bridgehead atoms. The van der Waals surface area contributed by atoms with Gasteiger partial charge in [-0.25, -0.2) is 4.98 Å². The van der Waals surface area contributed by atoms with Crippen molar-refractivity contribution in [2.45, 2.75) is 19.0 Å². The van der Waals surface area contributed by atoms with Gasteiger partial charge in [0, 0.05) is 50.2 Å². The van der Waals surface area contributed by atoms with Crippen molar-refractivity contribution >= 4 is 17.3 Å². The number of piperazine rings is 1. The monoisotopic (exact) mass is 506 g/mol. The van der Waals surface area contributed by atoms with Gasteiger partial charge in [-0.2, -0.15) is 13.2 Å². The number of nitrogens with zero attached hydrogens (tertiary/aromatic N) is 6. The highest BCUT2D eigenvalue weighted by Gasteiger charge is 2.34. The van der Waals surface area contributed by atoms with Crippen LogP contribution in [0.15, 0.2) is 70.8 Å². The van der Waals surface area contributed by atoms with Crippen molar-refractivity contribution < 1.29 is 22.5 Å². The molecule has 3 aromatic heterocycles. The zero-order chi connectivity index (χ0) is 25.6. The van der Waals surface area contributed by atoms with E-state index in [-0.39, 0.29) is 11.7 Å². The number of fused-ring (bicyclic) bond motifs is 6. The Hall–Kier alpha value is -4.28. The van der Waals surface area contributed by atoms with E-state index < -0.39 is 11.7 Å². The number of aromatic nitrogens is 4. The molecule has 0 saturated carbocycles. The maximum absolute atomic E-state index is 13.6. The number of pyridine rings is 1. The Bertz CT molecular complexity index is 1450. The first-order valence-electron chi connectivity index (χ1n) is 11.8. The van der Waals surface area contributed by atoms with Gasteiger partial charge in [-0.05, 0) is 36.1 Å². The molecule has 3 aliphatic rings. The van der Waals surface area contributed by atoms with Gasteiger partial charge in [0.1, 0.15) is 5.82 Å². The number of allylic oxidation sites excluding steroid dienone is 6. The number of alkyl halides is 3. The molecule has 1 saturated heterocycles. The quantitative estimate of drug-likeness (QED) is 0.514. The zero-order valence-corrected chi connectivity index (χ0v) is 19.6. The Morgan fingerprint density at radius 1 is 0.973 bits per heavy atom. The fraction of sp³-hybridized carbons (Fsp3) is 0.269. The fourth-order valence-corrected chi connectivity index (χ4v) is 4.88. The Balaban J connectivity index is 1.35. The molecular formula is C26H21F3N6O2. The molecule has 6 rings (SSSR count). The average Bonchev–Trinajstić information content (AvgIpc) is 3.34. The second-order valence-corrected chi connectivity index (χ2v) is 9.08. The van der Waals surface area contributed by atoms with Crippen LogP contribution in [0.4, 0.5) is 19.0 Å². The third-order valence-electron chi connectivity index (χ3n) is 6.75. The summed E-state index contributed by atoms with van der Waals surface area (Å²) in [5, 5.41) is 3.60. The summed E-state index contributed by atoms with van der Waals surface area (Å²) in [6.07, 6.45) is 6.49. The molecule has 2 aliphatic carbocycles. The van der Waals surface area contributed by atoms with E-state index in [0.29, 0.717) is 67.4 Å². The standard InChI is InChI=1S/C26H21F3N6O2/c27-26(28,29)19-2-1-17-11-16(13-19)12-18-14-30-5-3-20(18)24-23(17)31-15-22(33-24)34-7-9-35(10-8-34)25(36)21-4-6-32-37-21/h1-6,13-15H,7-12H2. The Morgan fingerprint density at radius 3 is 2.57 bits per heavy atom. The maximum Gasteiger partial charge on any atom is 0.416 e. The van der Waals surface area contributed by atoms with Crippen molar-refractivity contribution in [1.29, 1.82) is 0 Å². The van der Waals surface area contributed by atoms with Gasteiger partial charge in [0.2, 0.25) is 5.76 Å². The van der Waals surface area contributed by atoms with Gasteiger partial charge in [-0.3, -0.25) is 14.8 Å². The molecule has 8 nitrogen and oxygen atoms in total. The zero-order valence-electron chi connectivity index (χ0n) is 19.6. The van der Waals surface area contributed by atoms with Crippen LogP contribution >= 0.6 is 0 Å². The normalized spacial score (nSPS) is 17.4. The number of rotatable bonds is 2. The van der Waals surface area contributed by atoms with E-state index >= 15 is 0 Å². The molecule has 1 fully saturated rings. The van der Waals surface area contributed by atoms with E-state index in [9.17, 15) is 18.0 Å². The lowest BCUT2D eigenvalue weighted by atomic mass is 9.89. The lowest BCUT2D eigenvalue weighted by molar-refractivity contribution is -0.0882. The predicted octanol–water partition coefficient (Wildman–Crippen LogP) is 4.25. The Kier molecular flexibility index (Phi) is 5.62. The van der Waals surface area contributed by atoms with Crippen LogP contribution in [0.25, 0.3) is 16.8 Å². The molecule has 0 unspecified atom stereocenters. The van der Waals surface area contributed by atoms with Gasteiger partial charge in [-0.15, -0.1) is 0 Å². The van der Waals surface area contributed by atoms with Gasteiger partial charge in [0.15, 0.2) is 0 Å². The SMILES string of the molecule is O=C(c1ccno1)N1CCN(c2cnc3c(n2)-c2ccncc2CC2=CC(C(F)(F)F)=CC=C3C2)CC1.